The van der Waals surface area contributed by atoms with Crippen LogP contribution in [0.5, 0.6) is 0 Å². The number of halogens is 2. The Hall–Kier alpha value is 0.339. The normalized spacial score (nSPS) is 18.4. The van der Waals surface area contributed by atoms with Crippen molar-refractivity contribution >= 4 is 20.2 Å². The Balaban J connectivity index is 0.000000284. The van der Waals surface area contributed by atoms with E-state index in [9.17, 15) is 0 Å². The quantitative estimate of drug-likeness (QED) is 0.562. The fourth-order valence-electron chi connectivity index (χ4n) is 1.92. The van der Waals surface area contributed by atoms with Gasteiger partial charge in [0.15, 0.2) is 0 Å². The van der Waals surface area contributed by atoms with Crippen molar-refractivity contribution in [2.45, 2.75) is 39.5 Å². The van der Waals surface area contributed by atoms with Gasteiger partial charge in [-0.05, 0) is 12.3 Å². The zero-order chi connectivity index (χ0) is 14.3. The van der Waals surface area contributed by atoms with Gasteiger partial charge in [-0.15, -0.1) is 19.6 Å². The van der Waals surface area contributed by atoms with Crippen LogP contribution in [0.15, 0.2) is 23.9 Å². The molecule has 1 saturated heterocycles. The summed E-state index contributed by atoms with van der Waals surface area (Å²) in [5.41, 5.74) is 1.40. The number of allylic oxidation sites excluding steroid dienone is 2. The molecule has 0 amide bonds. The zero-order valence-electron chi connectivity index (χ0n) is 11.7. The maximum absolute atomic E-state index is 4.67. The van der Waals surface area contributed by atoms with Gasteiger partial charge in [0.25, 0.3) is 0 Å². The van der Waals surface area contributed by atoms with Crippen LogP contribution >= 0.6 is 20.2 Å². The Bertz CT molecular complexity index is 252. The number of hydrogen-bond acceptors (Lipinski definition) is 0. The first-order chi connectivity index (χ1) is 9.28. The molecule has 0 saturated carbocycles. The van der Waals surface area contributed by atoms with Crippen molar-refractivity contribution in [3.8, 4) is 0 Å². The molecule has 2 heterocycles. The summed E-state index contributed by atoms with van der Waals surface area (Å²) in [6.07, 6.45) is 11.3. The molecule has 117 valence electrons. The van der Waals surface area contributed by atoms with Crippen LogP contribution in [-0.2, 0) is 13.1 Å². The van der Waals surface area contributed by atoms with Gasteiger partial charge in [0.1, 0.15) is 0 Å². The van der Waals surface area contributed by atoms with Crippen LogP contribution < -0.4 is 0 Å². The zero-order valence-corrected chi connectivity index (χ0v) is 14.2. The second-order valence-corrected chi connectivity index (χ2v) is 5.93. The second kappa shape index (κ2) is 14.7. The van der Waals surface area contributed by atoms with E-state index >= 15 is 0 Å². The van der Waals surface area contributed by atoms with Crippen molar-refractivity contribution in [2.24, 2.45) is 5.92 Å². The fourth-order valence-corrected chi connectivity index (χ4v) is 1.92. The van der Waals surface area contributed by atoms with E-state index in [1.54, 1.807) is 0 Å². The van der Waals surface area contributed by atoms with Crippen molar-refractivity contribution in [1.82, 2.24) is 0 Å². The third kappa shape index (κ3) is 11.8. The van der Waals surface area contributed by atoms with E-state index in [2.05, 4.69) is 56.8 Å². The molecule has 1 fully saturated rings. The fraction of sp³-hybridized carbons (Fsp3) is 0.714. The molecule has 2 rings (SSSR count). The third-order valence-electron chi connectivity index (χ3n) is 3.23. The van der Waals surface area contributed by atoms with Gasteiger partial charge in [-0.3, -0.25) is 0 Å². The Kier molecular flexibility index (Phi) is 15.0. The molecule has 0 atom stereocenters. The van der Waals surface area contributed by atoms with E-state index in [-0.39, 0.29) is 0 Å². The second-order valence-electron chi connectivity index (χ2n) is 4.38. The molecule has 2 nitrogen and oxygen atoms in total. The monoisotopic (exact) mass is 353 g/mol. The number of hydrogen-bond donors (Lipinski definition) is 0. The average Bonchev–Trinajstić information content (AvgIpc) is 2.50. The molecule has 5 heteroatoms. The predicted molar refractivity (Wildman–Crippen MR) is 83.6 cm³/mol. The van der Waals surface area contributed by atoms with Gasteiger partial charge in [0.05, 0.1) is 0 Å². The van der Waals surface area contributed by atoms with E-state index in [0.717, 1.165) is 45.1 Å². The number of piperidine rings is 1. The molecule has 2 aliphatic rings. The SMILES string of the molecule is CCC1=CC[N-]C=C1.CCC1CC[N-]CC1.[Cl][Cu][Cl]. The molecule has 0 aromatic carbocycles. The average molecular weight is 355 g/mol. The van der Waals surface area contributed by atoms with Gasteiger partial charge in [-0.25, -0.2) is 0 Å². The number of nitrogens with zero attached hydrogens (tertiary/aromatic N) is 2. The molecule has 0 bridgehead atoms. The molecule has 0 spiro atoms. The topological polar surface area (TPSA) is 28.2 Å². The Morgan fingerprint density at radius 1 is 1.26 bits per heavy atom. The molecule has 0 aromatic rings. The molecule has 0 aliphatic carbocycles. The molecular weight excluding hydrogens is 331 g/mol. The summed E-state index contributed by atoms with van der Waals surface area (Å²) in [6.45, 7) is 7.55. The summed E-state index contributed by atoms with van der Waals surface area (Å²) < 4.78 is 0. The Labute approximate surface area is 133 Å². The van der Waals surface area contributed by atoms with Crippen LogP contribution in [0, 0.1) is 5.92 Å². The van der Waals surface area contributed by atoms with Gasteiger partial charge >= 0.3 is 33.3 Å². The van der Waals surface area contributed by atoms with E-state index in [0.29, 0.717) is 0 Å². The van der Waals surface area contributed by atoms with Crippen molar-refractivity contribution in [3.63, 3.8) is 0 Å². The summed E-state index contributed by atoms with van der Waals surface area (Å²) >= 11 is 0.757. The van der Waals surface area contributed by atoms with Crippen molar-refractivity contribution in [1.29, 1.82) is 0 Å². The molecule has 2 aliphatic heterocycles. The van der Waals surface area contributed by atoms with Gasteiger partial charge in [-0.2, -0.15) is 6.20 Å². The van der Waals surface area contributed by atoms with Crippen LogP contribution in [0.1, 0.15) is 39.5 Å². The minimum absolute atomic E-state index is 0.757. The first-order valence-corrected chi connectivity index (χ1v) is 9.34. The first-order valence-electron chi connectivity index (χ1n) is 6.75. The van der Waals surface area contributed by atoms with Crippen molar-refractivity contribution < 1.29 is 13.1 Å². The van der Waals surface area contributed by atoms with E-state index in [4.69, 9.17) is 0 Å². The van der Waals surface area contributed by atoms with E-state index in [1.807, 2.05) is 6.20 Å². The minimum atomic E-state index is 0.757. The summed E-state index contributed by atoms with van der Waals surface area (Å²) in [4.78, 5) is 0. The first kappa shape index (κ1) is 19.3. The predicted octanol–water partition coefficient (Wildman–Crippen LogP) is 5.78. The molecule has 0 N–H and O–H groups in total. The van der Waals surface area contributed by atoms with Crippen LogP contribution in [0.3, 0.4) is 0 Å². The van der Waals surface area contributed by atoms with Crippen LogP contribution in [0.4, 0.5) is 0 Å². The van der Waals surface area contributed by atoms with Crippen LogP contribution in [-0.4, -0.2) is 19.6 Å². The standard InChI is InChI=1S/C7H14N.C7H10N.2ClH.Cu/c2*1-2-7-3-5-8-6-4-7;;;/h7H,2-6H2,1H3;3-5H,2,6H2,1H3;2*1H;/q2*-1;;;+2/p-2. The third-order valence-corrected chi connectivity index (χ3v) is 3.23. The summed E-state index contributed by atoms with van der Waals surface area (Å²) in [6, 6.07) is 0. The van der Waals surface area contributed by atoms with Crippen molar-refractivity contribution in [2.75, 3.05) is 19.6 Å². The Morgan fingerprint density at radius 3 is 2.21 bits per heavy atom. The van der Waals surface area contributed by atoms with Crippen molar-refractivity contribution in [3.05, 3.63) is 34.6 Å². The van der Waals surface area contributed by atoms with Crippen LogP contribution in [0.2, 0.25) is 0 Å². The Morgan fingerprint density at radius 2 is 1.89 bits per heavy atom. The van der Waals surface area contributed by atoms with Gasteiger partial charge in [0, 0.05) is 0 Å². The van der Waals surface area contributed by atoms with Gasteiger partial charge in [0.2, 0.25) is 0 Å². The molecule has 0 unspecified atom stereocenters. The summed E-state index contributed by atoms with van der Waals surface area (Å²) in [5.74, 6) is 0.993. The molecular formula is C14H24Cl2CuN2-2. The van der Waals surface area contributed by atoms with E-state index < -0.39 is 0 Å². The summed E-state index contributed by atoms with van der Waals surface area (Å²) in [7, 11) is 9.34. The van der Waals surface area contributed by atoms with E-state index in [1.165, 1.54) is 24.8 Å². The van der Waals surface area contributed by atoms with Gasteiger partial charge in [-0.1, -0.05) is 50.8 Å². The molecule has 0 radical (unpaired) electrons. The van der Waals surface area contributed by atoms with Gasteiger partial charge < -0.3 is 10.6 Å². The number of rotatable bonds is 2. The summed E-state index contributed by atoms with van der Waals surface area (Å²) in [5, 5.41) is 8.29. The van der Waals surface area contributed by atoms with Crippen LogP contribution in [0.25, 0.3) is 10.6 Å². The molecule has 19 heavy (non-hydrogen) atoms. The molecule has 0 aromatic heterocycles. The maximum atomic E-state index is 4.67.